The van der Waals surface area contributed by atoms with E-state index in [1.54, 1.807) is 14.0 Å². The summed E-state index contributed by atoms with van der Waals surface area (Å²) >= 11 is 4.85. The number of rotatable bonds is 5. The van der Waals surface area contributed by atoms with Crippen molar-refractivity contribution in [3.8, 4) is 5.75 Å². The van der Waals surface area contributed by atoms with Crippen LogP contribution >= 0.6 is 27.7 Å². The molecule has 1 aliphatic heterocycles. The third kappa shape index (κ3) is 4.36. The number of benzene rings is 2. The first-order chi connectivity index (χ1) is 13.0. The zero-order chi connectivity index (χ0) is 19.4. The van der Waals surface area contributed by atoms with Crippen LogP contribution in [0.3, 0.4) is 0 Å². The summed E-state index contributed by atoms with van der Waals surface area (Å²) in [6, 6.07) is 13.1. The fraction of sp³-hybridized carbons (Fsp3) is 0.200. The van der Waals surface area contributed by atoms with Gasteiger partial charge in [-0.3, -0.25) is 14.5 Å². The lowest BCUT2D eigenvalue weighted by atomic mass is 10.2. The molecule has 0 atom stereocenters. The fourth-order valence-electron chi connectivity index (χ4n) is 2.68. The van der Waals surface area contributed by atoms with E-state index in [9.17, 15) is 9.59 Å². The van der Waals surface area contributed by atoms with Crippen molar-refractivity contribution in [1.82, 2.24) is 0 Å². The molecule has 1 heterocycles. The second-order valence-electron chi connectivity index (χ2n) is 5.67. The molecule has 7 heteroatoms. The van der Waals surface area contributed by atoms with Gasteiger partial charge in [0.25, 0.3) is 5.91 Å². The first-order valence-corrected chi connectivity index (χ1v) is 9.94. The van der Waals surface area contributed by atoms with Gasteiger partial charge in [-0.25, -0.2) is 0 Å². The SMILES string of the molecule is CCOC(=O)CN1C(=O)/C(=C\c2ccc(OC)c(Br)c2)Sc2ccccc21. The van der Waals surface area contributed by atoms with E-state index in [-0.39, 0.29) is 19.1 Å². The standard InChI is InChI=1S/C20H18BrNO4S/c1-3-26-19(23)12-22-15-6-4-5-7-17(15)27-18(20(22)24)11-13-8-9-16(25-2)14(21)10-13/h4-11H,3,12H2,1-2H3/b18-11+. The Kier molecular flexibility index (Phi) is 6.23. The van der Waals surface area contributed by atoms with Gasteiger partial charge in [-0.05, 0) is 58.8 Å². The van der Waals surface area contributed by atoms with E-state index >= 15 is 0 Å². The number of methoxy groups -OCH3 is 1. The third-order valence-corrected chi connectivity index (χ3v) is 5.60. The van der Waals surface area contributed by atoms with E-state index in [4.69, 9.17) is 9.47 Å². The van der Waals surface area contributed by atoms with Gasteiger partial charge in [0.15, 0.2) is 0 Å². The molecule has 0 unspecified atom stereocenters. The summed E-state index contributed by atoms with van der Waals surface area (Å²) in [5.74, 6) is 0.0619. The summed E-state index contributed by atoms with van der Waals surface area (Å²) in [5, 5.41) is 0. The van der Waals surface area contributed by atoms with Crippen LogP contribution in [0.25, 0.3) is 6.08 Å². The largest absolute Gasteiger partial charge is 0.496 e. The Morgan fingerprint density at radius 1 is 1.26 bits per heavy atom. The van der Waals surface area contributed by atoms with Crippen molar-refractivity contribution in [2.75, 3.05) is 25.2 Å². The molecule has 140 valence electrons. The number of hydrogen-bond acceptors (Lipinski definition) is 5. The van der Waals surface area contributed by atoms with Crippen LogP contribution in [0.4, 0.5) is 5.69 Å². The molecule has 3 rings (SSSR count). The number of carbonyl (C=O) groups is 2. The van der Waals surface area contributed by atoms with Crippen LogP contribution in [0.2, 0.25) is 0 Å². The minimum absolute atomic E-state index is 0.117. The van der Waals surface area contributed by atoms with Crippen LogP contribution in [0.5, 0.6) is 5.75 Å². The first kappa shape index (κ1) is 19.5. The maximum Gasteiger partial charge on any atom is 0.326 e. The molecule has 0 radical (unpaired) electrons. The number of anilines is 1. The second-order valence-corrected chi connectivity index (χ2v) is 7.61. The highest BCUT2D eigenvalue weighted by atomic mass is 79.9. The van der Waals surface area contributed by atoms with Crippen molar-refractivity contribution in [1.29, 1.82) is 0 Å². The lowest BCUT2D eigenvalue weighted by molar-refractivity contribution is -0.142. The number of fused-ring (bicyclic) bond motifs is 1. The Labute approximate surface area is 170 Å². The molecule has 2 aromatic carbocycles. The third-order valence-electron chi connectivity index (χ3n) is 3.90. The monoisotopic (exact) mass is 447 g/mol. The number of amides is 1. The smallest absolute Gasteiger partial charge is 0.326 e. The Morgan fingerprint density at radius 3 is 2.74 bits per heavy atom. The van der Waals surface area contributed by atoms with Gasteiger partial charge in [0.1, 0.15) is 12.3 Å². The Hall–Kier alpha value is -2.25. The highest BCUT2D eigenvalue weighted by Crippen LogP contribution is 2.42. The lowest BCUT2D eigenvalue weighted by Crippen LogP contribution is -2.39. The van der Waals surface area contributed by atoms with Gasteiger partial charge >= 0.3 is 5.97 Å². The summed E-state index contributed by atoms with van der Waals surface area (Å²) in [5.41, 5.74) is 1.57. The summed E-state index contributed by atoms with van der Waals surface area (Å²) < 4.78 is 11.1. The zero-order valence-electron chi connectivity index (χ0n) is 14.9. The molecular formula is C20H18BrNO4S. The van der Waals surface area contributed by atoms with Crippen molar-refractivity contribution in [2.24, 2.45) is 0 Å². The quantitative estimate of drug-likeness (QED) is 0.498. The van der Waals surface area contributed by atoms with Crippen LogP contribution in [0.1, 0.15) is 12.5 Å². The Bertz CT molecular complexity index is 913. The van der Waals surface area contributed by atoms with E-state index in [1.807, 2.05) is 48.5 Å². The molecule has 0 N–H and O–H groups in total. The minimum Gasteiger partial charge on any atom is -0.496 e. The Morgan fingerprint density at radius 2 is 2.04 bits per heavy atom. The van der Waals surface area contributed by atoms with Gasteiger partial charge in [-0.1, -0.05) is 30.0 Å². The van der Waals surface area contributed by atoms with Crippen LogP contribution in [-0.2, 0) is 14.3 Å². The average Bonchev–Trinajstić information content (AvgIpc) is 2.65. The van der Waals surface area contributed by atoms with E-state index in [0.29, 0.717) is 16.3 Å². The van der Waals surface area contributed by atoms with Crippen molar-refractivity contribution < 1.29 is 19.1 Å². The number of thioether (sulfide) groups is 1. The van der Waals surface area contributed by atoms with Gasteiger partial charge in [-0.15, -0.1) is 0 Å². The Balaban J connectivity index is 1.96. The van der Waals surface area contributed by atoms with Crippen molar-refractivity contribution in [3.05, 3.63) is 57.4 Å². The van der Waals surface area contributed by atoms with Gasteiger partial charge in [0.2, 0.25) is 0 Å². The second kappa shape index (κ2) is 8.63. The van der Waals surface area contributed by atoms with E-state index < -0.39 is 5.97 Å². The maximum absolute atomic E-state index is 13.0. The summed E-state index contributed by atoms with van der Waals surface area (Å²) in [6.45, 7) is 1.90. The highest BCUT2D eigenvalue weighted by molar-refractivity contribution is 9.10. The lowest BCUT2D eigenvalue weighted by Gasteiger charge is -2.29. The van der Waals surface area contributed by atoms with Gasteiger partial charge in [0, 0.05) is 4.90 Å². The zero-order valence-corrected chi connectivity index (χ0v) is 17.3. The predicted molar refractivity (Wildman–Crippen MR) is 110 cm³/mol. The normalized spacial score (nSPS) is 14.9. The molecule has 1 amide bonds. The molecule has 27 heavy (non-hydrogen) atoms. The van der Waals surface area contributed by atoms with E-state index in [2.05, 4.69) is 15.9 Å². The van der Waals surface area contributed by atoms with Crippen LogP contribution in [0, 0.1) is 0 Å². The molecule has 2 aromatic rings. The van der Waals surface area contributed by atoms with E-state index in [1.165, 1.54) is 16.7 Å². The van der Waals surface area contributed by atoms with E-state index in [0.717, 1.165) is 14.9 Å². The number of para-hydroxylation sites is 1. The highest BCUT2D eigenvalue weighted by Gasteiger charge is 2.30. The van der Waals surface area contributed by atoms with Crippen LogP contribution in [0.15, 0.2) is 56.7 Å². The predicted octanol–water partition coefficient (Wildman–Crippen LogP) is 4.50. The average molecular weight is 448 g/mol. The molecule has 1 aliphatic rings. The van der Waals surface area contributed by atoms with Crippen molar-refractivity contribution >= 4 is 51.3 Å². The van der Waals surface area contributed by atoms with Crippen LogP contribution in [-0.4, -0.2) is 32.1 Å². The number of esters is 1. The number of nitrogens with zero attached hydrogens (tertiary/aromatic N) is 1. The molecule has 0 aliphatic carbocycles. The number of carbonyl (C=O) groups excluding carboxylic acids is 2. The fourth-order valence-corrected chi connectivity index (χ4v) is 4.30. The summed E-state index contributed by atoms with van der Waals surface area (Å²) in [7, 11) is 1.60. The number of halogens is 1. The van der Waals surface area contributed by atoms with Gasteiger partial charge in [-0.2, -0.15) is 0 Å². The maximum atomic E-state index is 13.0. The van der Waals surface area contributed by atoms with Gasteiger partial charge in [0.05, 0.1) is 28.8 Å². The summed E-state index contributed by atoms with van der Waals surface area (Å²) in [4.78, 5) is 27.9. The molecule has 0 fully saturated rings. The molecule has 0 aromatic heterocycles. The topological polar surface area (TPSA) is 55.8 Å². The molecule has 0 bridgehead atoms. The number of ether oxygens (including phenoxy) is 2. The molecule has 0 saturated heterocycles. The van der Waals surface area contributed by atoms with Crippen molar-refractivity contribution in [3.63, 3.8) is 0 Å². The number of hydrogen-bond donors (Lipinski definition) is 0. The summed E-state index contributed by atoms with van der Waals surface area (Å²) in [6.07, 6.45) is 1.81. The first-order valence-electron chi connectivity index (χ1n) is 8.33. The molecule has 5 nitrogen and oxygen atoms in total. The van der Waals surface area contributed by atoms with Gasteiger partial charge < -0.3 is 9.47 Å². The molecular weight excluding hydrogens is 430 g/mol. The molecule has 0 spiro atoms. The minimum atomic E-state index is -0.431. The van der Waals surface area contributed by atoms with Crippen molar-refractivity contribution in [2.45, 2.75) is 11.8 Å². The molecule has 0 saturated carbocycles. The van der Waals surface area contributed by atoms with Crippen LogP contribution < -0.4 is 9.64 Å².